The first-order valence-electron chi connectivity index (χ1n) is 8.50. The first-order valence-corrected chi connectivity index (χ1v) is 8.50. The zero-order valence-corrected chi connectivity index (χ0v) is 15.5. The van der Waals surface area contributed by atoms with E-state index in [2.05, 4.69) is 15.3 Å². The molecule has 0 aromatic rings. The maximum Gasteiger partial charge on any atom is 0.304 e. The molecular formula is C16H20N4O8. The summed E-state index contributed by atoms with van der Waals surface area (Å²) in [7, 11) is 0. The van der Waals surface area contributed by atoms with Gasteiger partial charge in [-0.3, -0.25) is 29.1 Å². The van der Waals surface area contributed by atoms with Crippen molar-refractivity contribution in [2.45, 2.75) is 50.9 Å². The molecular weight excluding hydrogens is 376 g/mol. The minimum absolute atomic E-state index is 0.219. The van der Waals surface area contributed by atoms with E-state index >= 15 is 0 Å². The number of nitrogens with zero attached hydrogens (tertiary/aromatic N) is 3. The molecule has 28 heavy (non-hydrogen) atoms. The van der Waals surface area contributed by atoms with Crippen LogP contribution in [0, 0.1) is 0 Å². The Balaban J connectivity index is 1.98. The van der Waals surface area contributed by atoms with E-state index in [9.17, 15) is 19.2 Å². The molecule has 0 aromatic carbocycles. The normalized spacial score (nSPS) is 33.2. The van der Waals surface area contributed by atoms with E-state index in [-0.39, 0.29) is 19.1 Å². The molecule has 1 saturated heterocycles. The Morgan fingerprint density at radius 2 is 2.00 bits per heavy atom. The molecule has 5 atom stereocenters. The molecule has 1 fully saturated rings. The highest BCUT2D eigenvalue weighted by molar-refractivity contribution is 5.96. The summed E-state index contributed by atoms with van der Waals surface area (Å²) in [5, 5.41) is 2.45. The summed E-state index contributed by atoms with van der Waals surface area (Å²) in [5.74, 6) is -2.25. The van der Waals surface area contributed by atoms with Gasteiger partial charge in [0.1, 0.15) is 19.3 Å². The van der Waals surface area contributed by atoms with Gasteiger partial charge in [0.15, 0.2) is 18.3 Å². The van der Waals surface area contributed by atoms with Gasteiger partial charge >= 0.3 is 17.9 Å². The van der Waals surface area contributed by atoms with E-state index < -0.39 is 48.0 Å². The molecule has 0 aromatic heterocycles. The van der Waals surface area contributed by atoms with E-state index in [0.717, 1.165) is 0 Å². The summed E-state index contributed by atoms with van der Waals surface area (Å²) in [5.41, 5.74) is -1.64. The highest BCUT2D eigenvalue weighted by Gasteiger charge is 2.62. The smallest absolute Gasteiger partial charge is 0.304 e. The number of hydrogen-bond acceptors (Lipinski definition) is 11. The number of esters is 3. The third-order valence-electron chi connectivity index (χ3n) is 4.41. The Morgan fingerprint density at radius 1 is 1.25 bits per heavy atom. The average molecular weight is 396 g/mol. The molecule has 152 valence electrons. The molecule has 0 radical (unpaired) electrons. The van der Waals surface area contributed by atoms with Crippen LogP contribution < -0.4 is 5.32 Å². The SMILES string of the molecule is CC(=O)OC[C@@H]1OC[C@@](OC(C)=O)(N2C=N[C@H]3C(=O)NC=N[C@@H]32)[C@@H]1OC(C)=O. The van der Waals surface area contributed by atoms with Gasteiger partial charge in [-0.1, -0.05) is 0 Å². The van der Waals surface area contributed by atoms with Crippen LogP contribution in [0.1, 0.15) is 20.8 Å². The van der Waals surface area contributed by atoms with Crippen molar-refractivity contribution in [3.8, 4) is 0 Å². The van der Waals surface area contributed by atoms with E-state index in [4.69, 9.17) is 18.9 Å². The minimum atomic E-state index is -1.64. The lowest BCUT2D eigenvalue weighted by atomic mass is 10.0. The Kier molecular flexibility index (Phi) is 5.31. The lowest BCUT2D eigenvalue weighted by Gasteiger charge is -2.42. The van der Waals surface area contributed by atoms with Crippen LogP contribution >= 0.6 is 0 Å². The van der Waals surface area contributed by atoms with Crippen molar-refractivity contribution in [2.75, 3.05) is 13.2 Å². The number of ether oxygens (including phenoxy) is 4. The predicted octanol–water partition coefficient (Wildman–Crippen LogP) is -1.66. The lowest BCUT2D eigenvalue weighted by molar-refractivity contribution is -0.205. The fourth-order valence-corrected chi connectivity index (χ4v) is 3.36. The second-order valence-corrected chi connectivity index (χ2v) is 6.44. The summed E-state index contributed by atoms with van der Waals surface area (Å²) < 4.78 is 21.6. The molecule has 12 heteroatoms. The first kappa shape index (κ1) is 19.7. The number of nitrogens with one attached hydrogen (secondary N) is 1. The zero-order chi connectivity index (χ0) is 20.5. The van der Waals surface area contributed by atoms with Crippen molar-refractivity contribution in [1.29, 1.82) is 0 Å². The third-order valence-corrected chi connectivity index (χ3v) is 4.41. The summed E-state index contributed by atoms with van der Waals surface area (Å²) in [4.78, 5) is 56.6. The van der Waals surface area contributed by atoms with Crippen LogP contribution in [-0.4, -0.2) is 84.7 Å². The number of amides is 1. The predicted molar refractivity (Wildman–Crippen MR) is 91.0 cm³/mol. The maximum atomic E-state index is 12.0. The number of fused-ring (bicyclic) bond motifs is 1. The summed E-state index contributed by atoms with van der Waals surface area (Å²) in [6, 6.07) is -0.858. The molecule has 0 spiro atoms. The van der Waals surface area contributed by atoms with Crippen LogP contribution in [0.3, 0.4) is 0 Å². The van der Waals surface area contributed by atoms with Crippen LogP contribution in [0.5, 0.6) is 0 Å². The van der Waals surface area contributed by atoms with Crippen molar-refractivity contribution in [1.82, 2.24) is 10.2 Å². The zero-order valence-electron chi connectivity index (χ0n) is 15.5. The topological polar surface area (TPSA) is 145 Å². The van der Waals surface area contributed by atoms with E-state index in [0.29, 0.717) is 0 Å². The molecule has 0 bridgehead atoms. The molecule has 3 aliphatic heterocycles. The minimum Gasteiger partial charge on any atom is -0.463 e. The summed E-state index contributed by atoms with van der Waals surface area (Å²) in [6.45, 7) is 3.16. The molecule has 0 saturated carbocycles. The van der Waals surface area contributed by atoms with Gasteiger partial charge in [0.25, 0.3) is 11.6 Å². The van der Waals surface area contributed by atoms with Crippen molar-refractivity contribution < 1.29 is 38.1 Å². The average Bonchev–Trinajstić information content (AvgIpc) is 3.16. The fraction of sp³-hybridized carbons (Fsp3) is 0.625. The monoisotopic (exact) mass is 396 g/mol. The molecule has 1 N–H and O–H groups in total. The third kappa shape index (κ3) is 3.54. The van der Waals surface area contributed by atoms with Gasteiger partial charge in [-0.25, -0.2) is 4.99 Å². The van der Waals surface area contributed by atoms with Gasteiger partial charge in [0.05, 0.1) is 12.7 Å². The van der Waals surface area contributed by atoms with E-state index in [1.54, 1.807) is 0 Å². The Morgan fingerprint density at radius 3 is 2.64 bits per heavy atom. The van der Waals surface area contributed by atoms with Gasteiger partial charge in [0, 0.05) is 20.8 Å². The van der Waals surface area contributed by atoms with Crippen molar-refractivity contribution >= 4 is 36.5 Å². The number of carbonyl (C=O) groups excluding carboxylic acids is 4. The molecule has 3 heterocycles. The Labute approximate surface area is 159 Å². The number of hydrogen-bond donors (Lipinski definition) is 1. The highest BCUT2D eigenvalue weighted by Crippen LogP contribution is 2.38. The first-order chi connectivity index (χ1) is 13.2. The van der Waals surface area contributed by atoms with Crippen LogP contribution in [-0.2, 0) is 38.1 Å². The number of rotatable bonds is 5. The van der Waals surface area contributed by atoms with Crippen molar-refractivity contribution in [2.24, 2.45) is 9.98 Å². The number of aliphatic imine (C=N–C) groups is 2. The van der Waals surface area contributed by atoms with Gasteiger partial charge in [-0.15, -0.1) is 0 Å². The second kappa shape index (κ2) is 7.54. The molecule has 12 nitrogen and oxygen atoms in total. The standard InChI is InChI=1S/C16H20N4O8/c1-8(21)25-4-11-13(27-9(2)22)16(5-26-11,28-10(3)23)20-7-19-12-14(20)17-6-18-15(12)24/h6-7,11-14H,4-5H2,1-3H3,(H,17,18,24)/t11-,12+,13+,14+,16-/m0/s1. The van der Waals surface area contributed by atoms with Gasteiger partial charge in [0.2, 0.25) is 0 Å². The van der Waals surface area contributed by atoms with Gasteiger partial charge < -0.3 is 24.3 Å². The summed E-state index contributed by atoms with van der Waals surface area (Å²) in [6.07, 6.45) is -0.337. The van der Waals surface area contributed by atoms with E-state index in [1.807, 2.05) is 0 Å². The highest BCUT2D eigenvalue weighted by atomic mass is 16.7. The lowest BCUT2D eigenvalue weighted by Crippen LogP contribution is -2.65. The van der Waals surface area contributed by atoms with Gasteiger partial charge in [-0.05, 0) is 0 Å². The fourth-order valence-electron chi connectivity index (χ4n) is 3.36. The Bertz CT molecular complexity index is 753. The van der Waals surface area contributed by atoms with Crippen LogP contribution in [0.4, 0.5) is 0 Å². The van der Waals surface area contributed by atoms with Gasteiger partial charge in [-0.2, -0.15) is 0 Å². The second-order valence-electron chi connectivity index (χ2n) is 6.44. The summed E-state index contributed by atoms with van der Waals surface area (Å²) >= 11 is 0. The van der Waals surface area contributed by atoms with Crippen molar-refractivity contribution in [3.05, 3.63) is 0 Å². The Hall–Kier alpha value is -3.02. The van der Waals surface area contributed by atoms with Crippen LogP contribution in [0.25, 0.3) is 0 Å². The molecule has 1 amide bonds. The molecule has 3 rings (SSSR count). The van der Waals surface area contributed by atoms with Crippen LogP contribution in [0.15, 0.2) is 9.98 Å². The molecule has 0 unspecified atom stereocenters. The van der Waals surface area contributed by atoms with E-state index in [1.165, 1.54) is 38.3 Å². The molecule has 3 aliphatic rings. The largest absolute Gasteiger partial charge is 0.463 e. The number of carbonyl (C=O) groups is 4. The maximum absolute atomic E-state index is 12.0. The quantitative estimate of drug-likeness (QED) is 0.426. The van der Waals surface area contributed by atoms with Crippen LogP contribution in [0.2, 0.25) is 0 Å². The van der Waals surface area contributed by atoms with Crippen molar-refractivity contribution in [3.63, 3.8) is 0 Å². The molecule has 0 aliphatic carbocycles.